The molecule has 2 N–H and O–H groups in total. The molecule has 1 heterocycles. The van der Waals surface area contributed by atoms with Crippen LogP contribution in [0.3, 0.4) is 0 Å². The minimum absolute atomic E-state index is 0.245. The molecule has 0 unspecified atom stereocenters. The zero-order valence-corrected chi connectivity index (χ0v) is 10.8. The highest BCUT2D eigenvalue weighted by molar-refractivity contribution is 6.02. The van der Waals surface area contributed by atoms with Gasteiger partial charge >= 0.3 is 5.97 Å². The molecule has 5 nitrogen and oxygen atoms in total. The summed E-state index contributed by atoms with van der Waals surface area (Å²) in [5.41, 5.74) is 1.17. The number of amides is 1. The number of benzene rings is 1. The minimum atomic E-state index is -1.23. The van der Waals surface area contributed by atoms with Crippen LogP contribution in [0.2, 0.25) is 0 Å². The smallest absolute Gasteiger partial charge is 0.352 e. The molecule has 0 aliphatic rings. The fraction of sp³-hybridized carbons (Fsp3) is 0.0667. The lowest BCUT2D eigenvalue weighted by molar-refractivity contribution is -0.132. The van der Waals surface area contributed by atoms with Gasteiger partial charge in [0.25, 0.3) is 5.91 Å². The van der Waals surface area contributed by atoms with E-state index in [1.807, 2.05) is 6.92 Å². The normalized spacial score (nSPS) is 11.2. The first-order valence-electron chi connectivity index (χ1n) is 5.93. The summed E-state index contributed by atoms with van der Waals surface area (Å²) >= 11 is 0. The third kappa shape index (κ3) is 3.35. The van der Waals surface area contributed by atoms with Crippen LogP contribution in [-0.4, -0.2) is 17.0 Å². The first-order valence-corrected chi connectivity index (χ1v) is 5.93. The molecule has 0 fully saturated rings. The van der Waals surface area contributed by atoms with Crippen molar-refractivity contribution in [3.63, 3.8) is 0 Å². The predicted octanol–water partition coefficient (Wildman–Crippen LogP) is 2.44. The summed E-state index contributed by atoms with van der Waals surface area (Å²) in [5.74, 6) is -1.36. The van der Waals surface area contributed by atoms with Gasteiger partial charge in [0.2, 0.25) is 0 Å². The molecule has 102 valence electrons. The summed E-state index contributed by atoms with van der Waals surface area (Å²) in [6.07, 6.45) is 2.68. The van der Waals surface area contributed by atoms with E-state index in [0.29, 0.717) is 11.3 Å². The number of furan rings is 1. The summed E-state index contributed by atoms with van der Waals surface area (Å²) in [6, 6.07) is 10.1. The molecule has 0 aliphatic carbocycles. The second-order valence-corrected chi connectivity index (χ2v) is 4.20. The Morgan fingerprint density at radius 1 is 1.20 bits per heavy atom. The lowest BCUT2D eigenvalue weighted by Gasteiger charge is -2.05. The standard InChI is InChI=1S/C15H13NO4/c1-10-4-6-11(7-5-10)14(17)16-13(15(18)19)9-12-3-2-8-20-12/h2-9H,1H3,(H,16,17)(H,18,19). The summed E-state index contributed by atoms with van der Waals surface area (Å²) in [6.45, 7) is 1.90. The van der Waals surface area contributed by atoms with E-state index in [1.165, 1.54) is 12.3 Å². The number of carboxylic acid groups (broad SMARTS) is 1. The number of hydrogen-bond donors (Lipinski definition) is 2. The van der Waals surface area contributed by atoms with Crippen molar-refractivity contribution in [2.75, 3.05) is 0 Å². The average Bonchev–Trinajstić information content (AvgIpc) is 2.91. The van der Waals surface area contributed by atoms with Crippen molar-refractivity contribution in [1.29, 1.82) is 0 Å². The van der Waals surface area contributed by atoms with Crippen molar-refractivity contribution in [3.05, 3.63) is 65.2 Å². The van der Waals surface area contributed by atoms with Gasteiger partial charge in [-0.05, 0) is 31.2 Å². The zero-order chi connectivity index (χ0) is 14.5. The van der Waals surface area contributed by atoms with Crippen molar-refractivity contribution in [1.82, 2.24) is 5.32 Å². The topological polar surface area (TPSA) is 79.5 Å². The molecule has 0 atom stereocenters. The number of nitrogens with one attached hydrogen (secondary N) is 1. The monoisotopic (exact) mass is 271 g/mol. The molecule has 20 heavy (non-hydrogen) atoms. The van der Waals surface area contributed by atoms with E-state index in [9.17, 15) is 9.59 Å². The Kier molecular flexibility index (Phi) is 4.00. The SMILES string of the molecule is Cc1ccc(C(=O)NC(=Cc2ccco2)C(=O)O)cc1. The Morgan fingerprint density at radius 2 is 1.90 bits per heavy atom. The molecule has 0 radical (unpaired) electrons. The molecule has 0 aliphatic heterocycles. The van der Waals surface area contributed by atoms with Gasteiger partial charge in [0.1, 0.15) is 11.5 Å². The highest BCUT2D eigenvalue weighted by Gasteiger charge is 2.13. The Balaban J connectivity index is 2.18. The van der Waals surface area contributed by atoms with Crippen LogP contribution < -0.4 is 5.32 Å². The highest BCUT2D eigenvalue weighted by atomic mass is 16.4. The molecule has 0 saturated carbocycles. The van der Waals surface area contributed by atoms with Gasteiger partial charge in [-0.1, -0.05) is 17.7 Å². The lowest BCUT2D eigenvalue weighted by Crippen LogP contribution is -2.27. The molecule has 5 heteroatoms. The molecule has 0 bridgehead atoms. The summed E-state index contributed by atoms with van der Waals surface area (Å²) in [4.78, 5) is 23.1. The minimum Gasteiger partial charge on any atom is -0.477 e. The molecule has 1 amide bonds. The molecular formula is C15H13NO4. The van der Waals surface area contributed by atoms with Crippen LogP contribution in [0.15, 0.2) is 52.8 Å². The van der Waals surface area contributed by atoms with Crippen molar-refractivity contribution >= 4 is 18.0 Å². The Bertz CT molecular complexity index is 639. The largest absolute Gasteiger partial charge is 0.477 e. The number of hydrogen-bond acceptors (Lipinski definition) is 3. The van der Waals surface area contributed by atoms with Crippen molar-refractivity contribution < 1.29 is 19.1 Å². The van der Waals surface area contributed by atoms with Crippen LogP contribution in [0.5, 0.6) is 0 Å². The fourth-order valence-electron chi connectivity index (χ4n) is 1.57. The van der Waals surface area contributed by atoms with E-state index in [1.54, 1.807) is 36.4 Å². The van der Waals surface area contributed by atoms with Crippen LogP contribution in [0, 0.1) is 6.92 Å². The van der Waals surface area contributed by atoms with E-state index < -0.39 is 11.9 Å². The quantitative estimate of drug-likeness (QED) is 0.837. The van der Waals surface area contributed by atoms with Gasteiger partial charge in [0.05, 0.1) is 6.26 Å². The molecule has 2 aromatic rings. The van der Waals surface area contributed by atoms with Crippen molar-refractivity contribution in [3.8, 4) is 0 Å². The van der Waals surface area contributed by atoms with Crippen LogP contribution in [0.25, 0.3) is 6.08 Å². The fourth-order valence-corrected chi connectivity index (χ4v) is 1.57. The van der Waals surface area contributed by atoms with Gasteiger partial charge in [-0.15, -0.1) is 0 Å². The van der Waals surface area contributed by atoms with Crippen molar-refractivity contribution in [2.24, 2.45) is 0 Å². The van der Waals surface area contributed by atoms with Gasteiger partial charge in [0, 0.05) is 11.6 Å². The van der Waals surface area contributed by atoms with Crippen LogP contribution >= 0.6 is 0 Å². The maximum atomic E-state index is 12.0. The third-order valence-corrected chi connectivity index (χ3v) is 2.62. The van der Waals surface area contributed by atoms with Gasteiger partial charge in [0.15, 0.2) is 0 Å². The molecule has 0 spiro atoms. The number of carboxylic acids is 1. The Labute approximate surface area is 115 Å². The maximum Gasteiger partial charge on any atom is 0.352 e. The van der Waals surface area contributed by atoms with E-state index in [2.05, 4.69) is 5.32 Å². The number of carbonyl (C=O) groups excluding carboxylic acids is 1. The second-order valence-electron chi connectivity index (χ2n) is 4.20. The van der Waals surface area contributed by atoms with Gasteiger partial charge in [-0.25, -0.2) is 4.79 Å². The van der Waals surface area contributed by atoms with Crippen LogP contribution in [0.1, 0.15) is 21.7 Å². The van der Waals surface area contributed by atoms with E-state index >= 15 is 0 Å². The maximum absolute atomic E-state index is 12.0. The summed E-state index contributed by atoms with van der Waals surface area (Å²) in [7, 11) is 0. The third-order valence-electron chi connectivity index (χ3n) is 2.62. The van der Waals surface area contributed by atoms with Gasteiger partial charge < -0.3 is 14.8 Å². The van der Waals surface area contributed by atoms with E-state index in [4.69, 9.17) is 9.52 Å². The molecule has 0 saturated heterocycles. The molecule has 1 aromatic heterocycles. The van der Waals surface area contributed by atoms with Gasteiger partial charge in [-0.2, -0.15) is 0 Å². The molecule has 1 aromatic carbocycles. The summed E-state index contributed by atoms with van der Waals surface area (Å²) in [5, 5.41) is 11.4. The molecule has 2 rings (SSSR count). The molecular weight excluding hydrogens is 258 g/mol. The van der Waals surface area contributed by atoms with Crippen molar-refractivity contribution in [2.45, 2.75) is 6.92 Å². The number of carbonyl (C=O) groups is 2. The van der Waals surface area contributed by atoms with Gasteiger partial charge in [-0.3, -0.25) is 4.79 Å². The first kappa shape index (κ1) is 13.6. The zero-order valence-electron chi connectivity index (χ0n) is 10.8. The Hall–Kier alpha value is -2.82. The number of aryl methyl sites for hydroxylation is 1. The summed E-state index contributed by atoms with van der Waals surface area (Å²) < 4.78 is 5.03. The number of rotatable bonds is 4. The average molecular weight is 271 g/mol. The number of aliphatic carboxylic acids is 1. The lowest BCUT2D eigenvalue weighted by atomic mass is 10.1. The predicted molar refractivity (Wildman–Crippen MR) is 73.0 cm³/mol. The Morgan fingerprint density at radius 3 is 2.45 bits per heavy atom. The van der Waals surface area contributed by atoms with Crippen LogP contribution in [-0.2, 0) is 4.79 Å². The first-order chi connectivity index (χ1) is 9.56. The van der Waals surface area contributed by atoms with E-state index in [0.717, 1.165) is 5.56 Å². The van der Waals surface area contributed by atoms with Crippen LogP contribution in [0.4, 0.5) is 0 Å². The highest BCUT2D eigenvalue weighted by Crippen LogP contribution is 2.08. The van der Waals surface area contributed by atoms with E-state index in [-0.39, 0.29) is 5.70 Å². The second kappa shape index (κ2) is 5.88.